The Morgan fingerprint density at radius 2 is 1.62 bits per heavy atom. The molecular formula is C23H27FN2O3. The summed E-state index contributed by atoms with van der Waals surface area (Å²) >= 11 is 0. The molecule has 0 aliphatic rings. The van der Waals surface area contributed by atoms with Gasteiger partial charge in [-0.2, -0.15) is 0 Å². The highest BCUT2D eigenvalue weighted by atomic mass is 19.1. The van der Waals surface area contributed by atoms with Crippen LogP contribution in [0.15, 0.2) is 48.5 Å². The normalized spacial score (nSPS) is 11.2. The number of amides is 2. The predicted octanol–water partition coefficient (Wildman–Crippen LogP) is 4.25. The van der Waals surface area contributed by atoms with Crippen LogP contribution in [0.3, 0.4) is 0 Å². The van der Waals surface area contributed by atoms with Gasteiger partial charge in [-0.15, -0.1) is 0 Å². The fraction of sp³-hybridized carbons (Fsp3) is 0.304. The number of unbranched alkanes of at least 4 members (excludes halogenated alkanes) is 3. The molecule has 0 aromatic heterocycles. The first-order valence-corrected chi connectivity index (χ1v) is 9.75. The number of nitrogens with one attached hydrogen (secondary N) is 2. The molecule has 6 heteroatoms. The summed E-state index contributed by atoms with van der Waals surface area (Å²) in [6, 6.07) is 13.7. The molecule has 0 atom stereocenters. The summed E-state index contributed by atoms with van der Waals surface area (Å²) in [4.78, 5) is 23.7. The Labute approximate surface area is 170 Å². The van der Waals surface area contributed by atoms with Gasteiger partial charge >= 0.3 is 0 Å². The van der Waals surface area contributed by atoms with Gasteiger partial charge in [-0.25, -0.2) is 9.87 Å². The summed E-state index contributed by atoms with van der Waals surface area (Å²) in [5, 5.41) is 11.4. The van der Waals surface area contributed by atoms with Crippen LogP contribution >= 0.6 is 0 Å². The van der Waals surface area contributed by atoms with Gasteiger partial charge in [0.1, 0.15) is 5.82 Å². The molecule has 0 unspecified atom stereocenters. The molecule has 0 aliphatic carbocycles. The lowest BCUT2D eigenvalue weighted by Crippen LogP contribution is -2.25. The molecule has 0 aliphatic heterocycles. The molecule has 2 rings (SSSR count). The zero-order valence-corrected chi connectivity index (χ0v) is 16.6. The minimum atomic E-state index is -0.386. The topological polar surface area (TPSA) is 78.4 Å². The quantitative estimate of drug-likeness (QED) is 0.184. The monoisotopic (exact) mass is 398 g/mol. The average Bonchev–Trinajstić information content (AvgIpc) is 2.73. The van der Waals surface area contributed by atoms with Crippen molar-refractivity contribution in [2.75, 3.05) is 6.54 Å². The molecule has 0 saturated heterocycles. The maximum absolute atomic E-state index is 13.3. The first-order chi connectivity index (χ1) is 14.0. The van der Waals surface area contributed by atoms with Crippen LogP contribution in [0, 0.1) is 12.7 Å². The van der Waals surface area contributed by atoms with Crippen molar-refractivity contribution >= 4 is 23.5 Å². The molecule has 0 spiro atoms. The van der Waals surface area contributed by atoms with Gasteiger partial charge in [-0.3, -0.25) is 14.8 Å². The Bertz CT molecular complexity index is 830. The van der Waals surface area contributed by atoms with Crippen molar-refractivity contribution in [2.24, 2.45) is 0 Å². The van der Waals surface area contributed by atoms with Gasteiger partial charge in [0.2, 0.25) is 5.91 Å². The molecule has 3 N–H and O–H groups in total. The third-order valence-electron chi connectivity index (χ3n) is 4.53. The van der Waals surface area contributed by atoms with Crippen LogP contribution in [0.25, 0.3) is 11.6 Å². The molecule has 0 bridgehead atoms. The smallest absolute Gasteiger partial charge is 0.251 e. The van der Waals surface area contributed by atoms with E-state index in [1.807, 2.05) is 31.2 Å². The van der Waals surface area contributed by atoms with E-state index in [4.69, 9.17) is 5.21 Å². The second kappa shape index (κ2) is 11.8. The molecular weight excluding hydrogens is 371 g/mol. The number of rotatable bonds is 10. The van der Waals surface area contributed by atoms with Crippen molar-refractivity contribution in [3.63, 3.8) is 0 Å². The number of hydrogen-bond acceptors (Lipinski definition) is 3. The molecule has 0 heterocycles. The van der Waals surface area contributed by atoms with Gasteiger partial charge in [-0.1, -0.05) is 54.8 Å². The second-order valence-corrected chi connectivity index (χ2v) is 6.93. The van der Waals surface area contributed by atoms with E-state index in [-0.39, 0.29) is 24.1 Å². The number of carbonyl (C=O) groups excluding carboxylic acids is 2. The number of carbonyl (C=O) groups is 2. The van der Waals surface area contributed by atoms with E-state index in [1.165, 1.54) is 12.1 Å². The lowest BCUT2D eigenvalue weighted by Gasteiger charge is -2.10. The van der Waals surface area contributed by atoms with Gasteiger partial charge in [0.05, 0.1) is 0 Å². The molecule has 2 amide bonds. The van der Waals surface area contributed by atoms with Crippen LogP contribution in [0.5, 0.6) is 0 Å². The van der Waals surface area contributed by atoms with Crippen molar-refractivity contribution in [3.8, 4) is 0 Å². The third kappa shape index (κ3) is 7.87. The first kappa shape index (κ1) is 22.3. The lowest BCUT2D eigenvalue weighted by molar-refractivity contribution is -0.129. The number of hydroxylamine groups is 1. The van der Waals surface area contributed by atoms with Crippen LogP contribution in [-0.2, 0) is 9.59 Å². The summed E-state index contributed by atoms with van der Waals surface area (Å²) in [6.07, 6.45) is 5.27. The lowest BCUT2D eigenvalue weighted by atomic mass is 10.0. The highest BCUT2D eigenvalue weighted by Crippen LogP contribution is 2.20. The maximum Gasteiger partial charge on any atom is 0.251 e. The van der Waals surface area contributed by atoms with Crippen molar-refractivity contribution in [1.82, 2.24) is 10.8 Å². The van der Waals surface area contributed by atoms with Crippen LogP contribution in [0.1, 0.15) is 48.8 Å². The number of hydrogen-bond donors (Lipinski definition) is 3. The Hall–Kier alpha value is -2.99. The Kier molecular flexibility index (Phi) is 9.05. The van der Waals surface area contributed by atoms with Crippen molar-refractivity contribution in [2.45, 2.75) is 39.0 Å². The largest absolute Gasteiger partial charge is 0.352 e. The average molecular weight is 398 g/mol. The number of aryl methyl sites for hydroxylation is 1. The summed E-state index contributed by atoms with van der Waals surface area (Å²) in [5.41, 5.74) is 4.77. The zero-order valence-electron chi connectivity index (χ0n) is 16.6. The minimum absolute atomic E-state index is 0.211. The maximum atomic E-state index is 13.3. The molecule has 2 aromatic carbocycles. The summed E-state index contributed by atoms with van der Waals surface area (Å²) < 4.78 is 13.3. The third-order valence-corrected chi connectivity index (χ3v) is 4.53. The Balaban J connectivity index is 1.96. The van der Waals surface area contributed by atoms with E-state index in [2.05, 4.69) is 5.32 Å². The summed E-state index contributed by atoms with van der Waals surface area (Å²) in [5.74, 6) is -0.945. The molecule has 0 radical (unpaired) electrons. The highest BCUT2D eigenvalue weighted by Gasteiger charge is 2.12. The van der Waals surface area contributed by atoms with E-state index >= 15 is 0 Å². The van der Waals surface area contributed by atoms with Crippen molar-refractivity contribution in [3.05, 3.63) is 71.0 Å². The molecule has 29 heavy (non-hydrogen) atoms. The highest BCUT2D eigenvalue weighted by molar-refractivity contribution is 6.24. The molecule has 0 fully saturated rings. The Morgan fingerprint density at radius 3 is 2.28 bits per heavy atom. The fourth-order valence-electron chi connectivity index (χ4n) is 2.86. The van der Waals surface area contributed by atoms with E-state index < -0.39 is 0 Å². The van der Waals surface area contributed by atoms with Crippen molar-refractivity contribution < 1.29 is 19.2 Å². The first-order valence-electron chi connectivity index (χ1n) is 9.75. The van der Waals surface area contributed by atoms with Gasteiger partial charge in [0.15, 0.2) is 0 Å². The summed E-state index contributed by atoms with van der Waals surface area (Å²) in [6.45, 7) is 2.51. The van der Waals surface area contributed by atoms with Crippen LogP contribution < -0.4 is 10.8 Å². The Morgan fingerprint density at radius 1 is 0.966 bits per heavy atom. The van der Waals surface area contributed by atoms with Crippen molar-refractivity contribution in [1.29, 1.82) is 0 Å². The summed E-state index contributed by atoms with van der Waals surface area (Å²) in [7, 11) is 0. The number of benzene rings is 2. The van der Waals surface area contributed by atoms with E-state index in [9.17, 15) is 14.0 Å². The van der Waals surface area contributed by atoms with E-state index in [1.54, 1.807) is 23.7 Å². The van der Waals surface area contributed by atoms with Gasteiger partial charge in [0, 0.05) is 18.5 Å². The van der Waals surface area contributed by atoms with E-state index in [0.717, 1.165) is 30.4 Å². The standard InChI is InChI=1S/C23H27FN2O3/c1-17-7-9-18(10-8-17)16-21(19-11-13-20(24)14-12-19)23(28)25-15-5-3-2-4-6-22(27)26-29/h7-14,16,29H,2-6,15H2,1H3,(H,25,28)(H,26,27)/b21-16+. The molecule has 2 aromatic rings. The van der Waals surface area contributed by atoms with Gasteiger partial charge < -0.3 is 5.32 Å². The number of halogens is 1. The minimum Gasteiger partial charge on any atom is -0.352 e. The van der Waals surface area contributed by atoms with Crippen LogP contribution in [0.4, 0.5) is 4.39 Å². The second-order valence-electron chi connectivity index (χ2n) is 6.93. The SMILES string of the molecule is Cc1ccc(/C=C(/C(=O)NCCCCCCC(=O)NO)c2ccc(F)cc2)cc1. The van der Waals surface area contributed by atoms with Gasteiger partial charge in [0.25, 0.3) is 5.91 Å². The molecule has 0 saturated carbocycles. The van der Waals surface area contributed by atoms with Crippen LogP contribution in [-0.4, -0.2) is 23.6 Å². The molecule has 5 nitrogen and oxygen atoms in total. The predicted molar refractivity (Wildman–Crippen MR) is 111 cm³/mol. The van der Waals surface area contributed by atoms with Crippen LogP contribution in [0.2, 0.25) is 0 Å². The van der Waals surface area contributed by atoms with E-state index in [0.29, 0.717) is 24.1 Å². The van der Waals surface area contributed by atoms with Gasteiger partial charge in [-0.05, 0) is 49.1 Å². The molecule has 154 valence electrons. The zero-order chi connectivity index (χ0) is 21.1. The fourth-order valence-corrected chi connectivity index (χ4v) is 2.86.